The van der Waals surface area contributed by atoms with Crippen LogP contribution in [0.2, 0.25) is 0 Å². The van der Waals surface area contributed by atoms with E-state index in [4.69, 9.17) is 15.2 Å². The smallest absolute Gasteiger partial charge is 0.250 e. The molecule has 0 spiro atoms. The van der Waals surface area contributed by atoms with Crippen LogP contribution in [0.1, 0.15) is 0 Å². The third kappa shape index (κ3) is 6.72. The summed E-state index contributed by atoms with van der Waals surface area (Å²) in [6, 6.07) is 3.29. The van der Waals surface area contributed by atoms with Gasteiger partial charge < -0.3 is 20.5 Å². The summed E-state index contributed by atoms with van der Waals surface area (Å²) in [5.41, 5.74) is 6.00. The van der Waals surface area contributed by atoms with E-state index in [1.807, 2.05) is 0 Å². The Balaban J connectivity index is 0.00000256. The van der Waals surface area contributed by atoms with Crippen molar-refractivity contribution in [3.8, 4) is 0 Å². The van der Waals surface area contributed by atoms with Crippen molar-refractivity contribution in [1.82, 2.24) is 4.98 Å². The third-order valence-electron chi connectivity index (χ3n) is 1.74. The maximum absolute atomic E-state index is 11.3. The molecule has 0 aliphatic carbocycles. The second-order valence-corrected chi connectivity index (χ2v) is 3.07. The summed E-state index contributed by atoms with van der Waals surface area (Å²) in [5.74, 6) is 0.178. The van der Waals surface area contributed by atoms with E-state index in [-0.39, 0.29) is 24.9 Å². The van der Waals surface area contributed by atoms with Crippen molar-refractivity contribution in [3.63, 3.8) is 0 Å². The molecule has 1 heterocycles. The van der Waals surface area contributed by atoms with Crippen molar-refractivity contribution < 1.29 is 14.3 Å². The molecule has 1 amide bonds. The lowest BCUT2D eigenvalue weighted by Gasteiger charge is -2.05. The van der Waals surface area contributed by atoms with Gasteiger partial charge in [-0.25, -0.2) is 4.98 Å². The van der Waals surface area contributed by atoms with Gasteiger partial charge in [0.05, 0.1) is 25.1 Å². The molecule has 1 aromatic heterocycles. The van der Waals surface area contributed by atoms with Crippen LogP contribution in [-0.4, -0.2) is 37.8 Å². The molecule has 3 N–H and O–H groups in total. The van der Waals surface area contributed by atoms with Gasteiger partial charge in [-0.05, 0) is 12.1 Å². The van der Waals surface area contributed by atoms with Crippen molar-refractivity contribution in [2.75, 3.05) is 38.0 Å². The first-order chi connectivity index (χ1) is 7.72. The highest BCUT2D eigenvalue weighted by molar-refractivity contribution is 5.91. The predicted octanol–water partition coefficient (Wildman–Crippen LogP) is 0.687. The second kappa shape index (κ2) is 8.74. The van der Waals surface area contributed by atoms with Gasteiger partial charge in [-0.3, -0.25) is 4.79 Å². The van der Waals surface area contributed by atoms with Crippen LogP contribution in [0.15, 0.2) is 18.3 Å². The fourth-order valence-corrected chi connectivity index (χ4v) is 0.983. The molecule has 0 radical (unpaired) electrons. The molecule has 1 rings (SSSR count). The SMILES string of the molecule is COCCOCC(=O)Nc1ccc(N)nc1.Cl. The monoisotopic (exact) mass is 261 g/mol. The Bertz CT molecular complexity index is 332. The molecule has 0 fully saturated rings. The number of hydrogen-bond donors (Lipinski definition) is 2. The molecule has 1 aromatic rings. The summed E-state index contributed by atoms with van der Waals surface area (Å²) in [6.07, 6.45) is 1.49. The quantitative estimate of drug-likeness (QED) is 0.736. The van der Waals surface area contributed by atoms with E-state index in [1.54, 1.807) is 19.2 Å². The van der Waals surface area contributed by atoms with E-state index in [9.17, 15) is 4.79 Å². The zero-order valence-electron chi connectivity index (χ0n) is 9.51. The van der Waals surface area contributed by atoms with Crippen LogP contribution in [0.4, 0.5) is 11.5 Å². The molecule has 96 valence electrons. The number of hydrogen-bond acceptors (Lipinski definition) is 5. The molecule has 0 aromatic carbocycles. The van der Waals surface area contributed by atoms with Gasteiger partial charge in [0.25, 0.3) is 0 Å². The largest absolute Gasteiger partial charge is 0.384 e. The third-order valence-corrected chi connectivity index (χ3v) is 1.74. The molecule has 0 saturated carbocycles. The Morgan fingerprint density at radius 2 is 2.24 bits per heavy atom. The van der Waals surface area contributed by atoms with E-state index in [0.717, 1.165) is 0 Å². The molecule has 0 unspecified atom stereocenters. The van der Waals surface area contributed by atoms with Crippen LogP contribution in [-0.2, 0) is 14.3 Å². The average Bonchev–Trinajstić information content (AvgIpc) is 2.28. The van der Waals surface area contributed by atoms with Gasteiger partial charge in [-0.1, -0.05) is 0 Å². The summed E-state index contributed by atoms with van der Waals surface area (Å²) in [7, 11) is 1.57. The van der Waals surface area contributed by atoms with Crippen molar-refractivity contribution in [3.05, 3.63) is 18.3 Å². The maximum Gasteiger partial charge on any atom is 0.250 e. The van der Waals surface area contributed by atoms with Gasteiger partial charge in [0, 0.05) is 7.11 Å². The summed E-state index contributed by atoms with van der Waals surface area (Å²) < 4.78 is 9.82. The number of methoxy groups -OCH3 is 1. The van der Waals surface area contributed by atoms with Crippen LogP contribution in [0, 0.1) is 0 Å². The number of ether oxygens (including phenoxy) is 2. The van der Waals surface area contributed by atoms with E-state index in [1.165, 1.54) is 6.20 Å². The van der Waals surface area contributed by atoms with Gasteiger partial charge in [0.2, 0.25) is 5.91 Å². The minimum atomic E-state index is -0.234. The minimum absolute atomic E-state index is 0. The number of nitrogens with two attached hydrogens (primary N) is 1. The fraction of sp³-hybridized carbons (Fsp3) is 0.400. The van der Waals surface area contributed by atoms with Crippen LogP contribution in [0.5, 0.6) is 0 Å². The highest BCUT2D eigenvalue weighted by Gasteiger charge is 2.02. The molecular formula is C10H16ClN3O3. The number of anilines is 2. The van der Waals surface area contributed by atoms with E-state index < -0.39 is 0 Å². The molecule has 17 heavy (non-hydrogen) atoms. The second-order valence-electron chi connectivity index (χ2n) is 3.07. The van der Waals surface area contributed by atoms with Crippen LogP contribution in [0.3, 0.4) is 0 Å². The topological polar surface area (TPSA) is 86.5 Å². The number of halogens is 1. The zero-order valence-corrected chi connectivity index (χ0v) is 10.3. The summed E-state index contributed by atoms with van der Waals surface area (Å²) in [4.78, 5) is 15.2. The van der Waals surface area contributed by atoms with Crippen LogP contribution in [0.25, 0.3) is 0 Å². The van der Waals surface area contributed by atoms with Gasteiger partial charge in [0.1, 0.15) is 12.4 Å². The number of amides is 1. The highest BCUT2D eigenvalue weighted by Crippen LogP contribution is 2.06. The Morgan fingerprint density at radius 3 is 2.82 bits per heavy atom. The predicted molar refractivity (Wildman–Crippen MR) is 67.2 cm³/mol. The van der Waals surface area contributed by atoms with Gasteiger partial charge in [-0.15, -0.1) is 12.4 Å². The highest BCUT2D eigenvalue weighted by atomic mass is 35.5. The molecule has 0 bridgehead atoms. The first-order valence-electron chi connectivity index (χ1n) is 4.80. The summed E-state index contributed by atoms with van der Waals surface area (Å²) >= 11 is 0. The lowest BCUT2D eigenvalue weighted by molar-refractivity contribution is -0.121. The number of nitrogens with zero attached hydrogens (tertiary/aromatic N) is 1. The number of rotatable bonds is 6. The summed E-state index contributed by atoms with van der Waals surface area (Å²) in [5, 5.41) is 2.62. The van der Waals surface area contributed by atoms with E-state index >= 15 is 0 Å². The standard InChI is InChI=1S/C10H15N3O3.ClH/c1-15-4-5-16-7-10(14)13-8-2-3-9(11)12-6-8;/h2-3,6H,4-5,7H2,1H3,(H2,11,12)(H,13,14);1H. The van der Waals surface area contributed by atoms with E-state index in [0.29, 0.717) is 24.7 Å². The molecular weight excluding hydrogens is 246 g/mol. The maximum atomic E-state index is 11.3. The van der Waals surface area contributed by atoms with E-state index in [2.05, 4.69) is 10.3 Å². The molecule has 0 aliphatic rings. The molecule has 0 aliphatic heterocycles. The first-order valence-corrected chi connectivity index (χ1v) is 4.80. The Morgan fingerprint density at radius 1 is 1.47 bits per heavy atom. The van der Waals surface area contributed by atoms with Crippen molar-refractivity contribution in [1.29, 1.82) is 0 Å². The van der Waals surface area contributed by atoms with Gasteiger partial charge >= 0.3 is 0 Å². The Kier molecular flexibility index (Phi) is 8.04. The number of nitrogens with one attached hydrogen (secondary N) is 1. The Labute approximate surface area is 106 Å². The fourth-order valence-electron chi connectivity index (χ4n) is 0.983. The zero-order chi connectivity index (χ0) is 11.8. The van der Waals surface area contributed by atoms with Gasteiger partial charge in [0.15, 0.2) is 0 Å². The van der Waals surface area contributed by atoms with Crippen LogP contribution < -0.4 is 11.1 Å². The average molecular weight is 262 g/mol. The molecule has 0 atom stereocenters. The lowest BCUT2D eigenvalue weighted by atomic mass is 10.4. The normalized spacial score (nSPS) is 9.47. The number of nitrogen functional groups attached to an aromatic ring is 1. The number of carbonyl (C=O) groups excluding carboxylic acids is 1. The molecule has 6 nitrogen and oxygen atoms in total. The number of carbonyl (C=O) groups is 1. The van der Waals surface area contributed by atoms with Crippen molar-refractivity contribution >= 4 is 29.8 Å². The molecule has 7 heteroatoms. The number of aromatic nitrogens is 1. The van der Waals surface area contributed by atoms with Gasteiger partial charge in [-0.2, -0.15) is 0 Å². The minimum Gasteiger partial charge on any atom is -0.384 e. The van der Waals surface area contributed by atoms with Crippen molar-refractivity contribution in [2.45, 2.75) is 0 Å². The first kappa shape index (κ1) is 15.6. The summed E-state index contributed by atoms with van der Waals surface area (Å²) in [6.45, 7) is 0.856. The Hall–Kier alpha value is -1.37. The number of pyridine rings is 1. The molecule has 0 saturated heterocycles. The van der Waals surface area contributed by atoms with Crippen LogP contribution >= 0.6 is 12.4 Å². The lowest BCUT2D eigenvalue weighted by Crippen LogP contribution is -2.19. The van der Waals surface area contributed by atoms with Crippen molar-refractivity contribution in [2.24, 2.45) is 0 Å².